The fourth-order valence-electron chi connectivity index (χ4n) is 4.10. The highest BCUT2D eigenvalue weighted by Gasteiger charge is 2.22. The van der Waals surface area contributed by atoms with E-state index in [9.17, 15) is 19.5 Å². The Balaban J connectivity index is 1.56. The van der Waals surface area contributed by atoms with Gasteiger partial charge in [0.05, 0.1) is 0 Å². The molecular weight excluding hydrogens is 386 g/mol. The Kier molecular flexibility index (Phi) is 7.13. The van der Waals surface area contributed by atoms with Crippen LogP contribution in [0.4, 0.5) is 0 Å². The minimum Gasteiger partial charge on any atom is -0.550 e. The summed E-state index contributed by atoms with van der Waals surface area (Å²) in [6.45, 7) is 4.23. The van der Waals surface area contributed by atoms with E-state index in [4.69, 9.17) is 9.15 Å². The molecule has 1 aliphatic rings. The van der Waals surface area contributed by atoms with Gasteiger partial charge in [0.25, 0.3) is 5.91 Å². The van der Waals surface area contributed by atoms with Gasteiger partial charge < -0.3 is 24.4 Å². The molecular formula is C23H28NO6-. The number of hydrogen-bond donors (Lipinski definition) is 1. The Bertz CT molecular complexity index is 972. The van der Waals surface area contributed by atoms with Gasteiger partial charge in [0, 0.05) is 29.5 Å². The molecule has 0 aliphatic heterocycles. The van der Waals surface area contributed by atoms with Gasteiger partial charge in [0.1, 0.15) is 11.3 Å². The molecule has 1 saturated carbocycles. The third-order valence-electron chi connectivity index (χ3n) is 5.84. The molecule has 1 aliphatic carbocycles. The molecule has 0 radical (unpaired) electrons. The Morgan fingerprint density at radius 1 is 1.23 bits per heavy atom. The Labute approximate surface area is 175 Å². The van der Waals surface area contributed by atoms with E-state index >= 15 is 0 Å². The van der Waals surface area contributed by atoms with E-state index in [1.807, 2.05) is 13.0 Å². The highest BCUT2D eigenvalue weighted by Crippen LogP contribution is 2.29. The van der Waals surface area contributed by atoms with Gasteiger partial charge in [-0.2, -0.15) is 0 Å². The second kappa shape index (κ2) is 9.78. The van der Waals surface area contributed by atoms with E-state index in [1.54, 1.807) is 6.07 Å². The lowest BCUT2D eigenvalue weighted by Crippen LogP contribution is -2.37. The zero-order valence-electron chi connectivity index (χ0n) is 17.5. The molecule has 2 aromatic rings. The maximum absolute atomic E-state index is 12.2. The second-order valence-corrected chi connectivity index (χ2v) is 8.04. The predicted molar refractivity (Wildman–Crippen MR) is 110 cm³/mol. The summed E-state index contributed by atoms with van der Waals surface area (Å²) in [5.74, 6) is -0.803. The van der Waals surface area contributed by atoms with Crippen molar-refractivity contribution >= 4 is 22.8 Å². The number of carboxylic acid groups (broad SMARTS) is 1. The van der Waals surface area contributed by atoms with Gasteiger partial charge >= 0.3 is 5.63 Å². The quantitative estimate of drug-likeness (QED) is 0.663. The average molecular weight is 414 g/mol. The van der Waals surface area contributed by atoms with E-state index in [-0.39, 0.29) is 24.3 Å². The molecule has 1 fully saturated rings. The number of fused-ring (bicyclic) bond motifs is 1. The Hall–Kier alpha value is -2.83. The van der Waals surface area contributed by atoms with Crippen LogP contribution in [0.1, 0.15) is 50.2 Å². The summed E-state index contributed by atoms with van der Waals surface area (Å²) >= 11 is 0. The number of nitrogens with one attached hydrogen (secondary N) is 1. The molecule has 1 aromatic carbocycles. The molecule has 0 bridgehead atoms. The zero-order chi connectivity index (χ0) is 21.7. The number of carbonyl (C=O) groups is 2. The van der Waals surface area contributed by atoms with Crippen LogP contribution < -0.4 is 20.8 Å². The first kappa shape index (κ1) is 21.9. The number of carboxylic acids is 1. The van der Waals surface area contributed by atoms with Crippen LogP contribution in [-0.4, -0.2) is 25.0 Å². The largest absolute Gasteiger partial charge is 0.550 e. The van der Waals surface area contributed by atoms with Gasteiger partial charge in [0.15, 0.2) is 6.61 Å². The molecule has 7 heteroatoms. The molecule has 0 atom stereocenters. The zero-order valence-corrected chi connectivity index (χ0v) is 17.5. The van der Waals surface area contributed by atoms with Crippen LogP contribution in [0.15, 0.2) is 27.4 Å². The highest BCUT2D eigenvalue weighted by molar-refractivity contribution is 5.85. The van der Waals surface area contributed by atoms with Crippen LogP contribution in [0, 0.1) is 18.8 Å². The number of amides is 1. The third-order valence-corrected chi connectivity index (χ3v) is 5.84. The number of carbonyl (C=O) groups excluding carboxylic acids is 2. The molecule has 1 heterocycles. The van der Waals surface area contributed by atoms with E-state index in [1.165, 1.54) is 6.07 Å². The lowest BCUT2D eigenvalue weighted by atomic mass is 9.82. The van der Waals surface area contributed by atoms with Crippen molar-refractivity contribution in [3.05, 3.63) is 39.7 Å². The predicted octanol–water partition coefficient (Wildman–Crippen LogP) is 2.11. The van der Waals surface area contributed by atoms with Crippen molar-refractivity contribution < 1.29 is 23.8 Å². The first-order valence-corrected chi connectivity index (χ1v) is 10.6. The first-order chi connectivity index (χ1) is 14.4. The van der Waals surface area contributed by atoms with Crippen molar-refractivity contribution in [2.75, 3.05) is 13.2 Å². The summed E-state index contributed by atoms with van der Waals surface area (Å²) in [5, 5.41) is 14.6. The Morgan fingerprint density at radius 2 is 1.97 bits per heavy atom. The van der Waals surface area contributed by atoms with Crippen molar-refractivity contribution in [1.82, 2.24) is 5.32 Å². The molecule has 7 nitrogen and oxygen atoms in total. The second-order valence-electron chi connectivity index (χ2n) is 8.04. The van der Waals surface area contributed by atoms with Gasteiger partial charge in [-0.1, -0.05) is 13.3 Å². The van der Waals surface area contributed by atoms with Gasteiger partial charge in [0.2, 0.25) is 0 Å². The summed E-state index contributed by atoms with van der Waals surface area (Å²) in [6.07, 6.45) is 4.44. The van der Waals surface area contributed by atoms with Gasteiger partial charge in [-0.15, -0.1) is 0 Å². The number of rotatable bonds is 8. The molecule has 0 unspecified atom stereocenters. The topological polar surface area (TPSA) is 109 Å². The number of hydrogen-bond acceptors (Lipinski definition) is 6. The first-order valence-electron chi connectivity index (χ1n) is 10.6. The minimum atomic E-state index is -0.978. The third kappa shape index (κ3) is 5.20. The van der Waals surface area contributed by atoms with Crippen LogP contribution in [0.25, 0.3) is 11.0 Å². The number of aryl methyl sites for hydroxylation is 2. The van der Waals surface area contributed by atoms with Crippen molar-refractivity contribution in [2.24, 2.45) is 11.8 Å². The van der Waals surface area contributed by atoms with Crippen LogP contribution in [-0.2, 0) is 16.0 Å². The minimum absolute atomic E-state index is 0.139. The van der Waals surface area contributed by atoms with Crippen molar-refractivity contribution in [1.29, 1.82) is 0 Å². The molecule has 162 valence electrons. The summed E-state index contributed by atoms with van der Waals surface area (Å²) < 4.78 is 11.1. The van der Waals surface area contributed by atoms with Crippen LogP contribution in [0.3, 0.4) is 0 Å². The fourth-order valence-corrected chi connectivity index (χ4v) is 4.10. The number of aliphatic carboxylic acids is 1. The standard InChI is InChI=1S/C23H29NO6/c1-3-4-17-11-21(26)30-22-14(2)19(10-9-18(17)22)29-13-20(25)24-12-15-5-7-16(8-6-15)23(27)28/h9-11,15-16H,3-8,12-13H2,1-2H3,(H,24,25)(H,27,28)/p-1. The molecule has 1 N–H and O–H groups in total. The lowest BCUT2D eigenvalue weighted by Gasteiger charge is -2.29. The summed E-state index contributed by atoms with van der Waals surface area (Å²) in [7, 11) is 0. The average Bonchev–Trinajstić information content (AvgIpc) is 2.72. The molecule has 30 heavy (non-hydrogen) atoms. The lowest BCUT2D eigenvalue weighted by molar-refractivity contribution is -0.312. The van der Waals surface area contributed by atoms with Gasteiger partial charge in [-0.25, -0.2) is 4.79 Å². The maximum Gasteiger partial charge on any atom is 0.336 e. The Morgan fingerprint density at radius 3 is 2.63 bits per heavy atom. The number of benzene rings is 1. The molecule has 3 rings (SSSR count). The normalized spacial score (nSPS) is 18.9. The maximum atomic E-state index is 12.2. The van der Waals surface area contributed by atoms with Crippen molar-refractivity contribution in [2.45, 2.75) is 52.4 Å². The molecule has 0 spiro atoms. The summed E-state index contributed by atoms with van der Waals surface area (Å²) in [4.78, 5) is 35.0. The van der Waals surface area contributed by atoms with Crippen LogP contribution in [0.5, 0.6) is 5.75 Å². The van der Waals surface area contributed by atoms with Crippen LogP contribution >= 0.6 is 0 Å². The van der Waals surface area contributed by atoms with E-state index in [0.29, 0.717) is 36.3 Å². The van der Waals surface area contributed by atoms with Crippen LogP contribution in [0.2, 0.25) is 0 Å². The van der Waals surface area contributed by atoms with Crippen molar-refractivity contribution in [3.8, 4) is 5.75 Å². The van der Waals surface area contributed by atoms with Gasteiger partial charge in [-0.3, -0.25) is 4.79 Å². The molecule has 1 amide bonds. The monoisotopic (exact) mass is 414 g/mol. The fraction of sp³-hybridized carbons (Fsp3) is 0.522. The summed E-state index contributed by atoms with van der Waals surface area (Å²) in [6, 6.07) is 5.18. The smallest absolute Gasteiger partial charge is 0.336 e. The van der Waals surface area contributed by atoms with Crippen molar-refractivity contribution in [3.63, 3.8) is 0 Å². The van der Waals surface area contributed by atoms with Gasteiger partial charge in [-0.05, 0) is 68.6 Å². The highest BCUT2D eigenvalue weighted by atomic mass is 16.5. The molecule has 0 saturated heterocycles. The number of ether oxygens (including phenoxy) is 1. The molecule has 1 aromatic heterocycles. The summed E-state index contributed by atoms with van der Waals surface area (Å²) in [5.41, 5.74) is 1.74. The SMILES string of the molecule is CCCc1cc(=O)oc2c(C)c(OCC(=O)NCC3CCC(C(=O)[O-])CC3)ccc12. The van der Waals surface area contributed by atoms with E-state index < -0.39 is 11.6 Å². The van der Waals surface area contributed by atoms with E-state index in [0.717, 1.165) is 36.6 Å². The van der Waals surface area contributed by atoms with E-state index in [2.05, 4.69) is 12.2 Å².